The molecular formula is C10H8IN3O. The summed E-state index contributed by atoms with van der Waals surface area (Å²) in [5, 5.41) is 2.76. The van der Waals surface area contributed by atoms with Gasteiger partial charge >= 0.3 is 6.03 Å². The van der Waals surface area contributed by atoms with Gasteiger partial charge in [-0.3, -0.25) is 4.57 Å². The molecule has 76 valence electrons. The second-order valence-corrected chi connectivity index (χ2v) is 4.16. The lowest BCUT2D eigenvalue weighted by molar-refractivity contribution is 0.253. The highest BCUT2D eigenvalue weighted by Crippen LogP contribution is 2.12. The van der Waals surface area contributed by atoms with Gasteiger partial charge in [-0.25, -0.2) is 9.78 Å². The fraction of sp³-hybridized carbons (Fsp3) is 0. The maximum Gasteiger partial charge on any atom is 0.331 e. The summed E-state index contributed by atoms with van der Waals surface area (Å²) in [5.74, 6) is 0. The quantitative estimate of drug-likeness (QED) is 0.823. The molecule has 1 N–H and O–H groups in total. The number of anilines is 1. The molecule has 1 aromatic heterocycles. The van der Waals surface area contributed by atoms with Crippen molar-refractivity contribution >= 4 is 34.3 Å². The van der Waals surface area contributed by atoms with Crippen molar-refractivity contribution in [2.45, 2.75) is 0 Å². The van der Waals surface area contributed by atoms with Gasteiger partial charge in [0.15, 0.2) is 0 Å². The van der Waals surface area contributed by atoms with E-state index in [2.05, 4.69) is 32.9 Å². The molecule has 0 unspecified atom stereocenters. The Labute approximate surface area is 100 Å². The number of hydrogen-bond donors (Lipinski definition) is 1. The topological polar surface area (TPSA) is 46.9 Å². The second-order valence-electron chi connectivity index (χ2n) is 2.91. The molecule has 0 aliphatic heterocycles. The number of carbonyl (C=O) groups excluding carboxylic acids is 1. The first-order chi connectivity index (χ1) is 7.25. The summed E-state index contributed by atoms with van der Waals surface area (Å²) in [5.41, 5.74) is 0.778. The summed E-state index contributed by atoms with van der Waals surface area (Å²) in [7, 11) is 0. The SMILES string of the molecule is O=C(Nc1cccc(I)c1)n1ccnc1. The predicted molar refractivity (Wildman–Crippen MR) is 65.8 cm³/mol. The Hall–Kier alpha value is -1.37. The normalized spacial score (nSPS) is 9.93. The van der Waals surface area contributed by atoms with Gasteiger partial charge in [-0.2, -0.15) is 0 Å². The fourth-order valence-corrected chi connectivity index (χ4v) is 1.68. The van der Waals surface area contributed by atoms with E-state index < -0.39 is 0 Å². The lowest BCUT2D eigenvalue weighted by Gasteiger charge is -2.04. The minimum Gasteiger partial charge on any atom is -0.307 e. The number of halogens is 1. The summed E-state index contributed by atoms with van der Waals surface area (Å²) < 4.78 is 2.47. The third-order valence-electron chi connectivity index (χ3n) is 1.81. The molecule has 0 bridgehead atoms. The molecule has 0 spiro atoms. The Bertz CT molecular complexity index is 467. The Kier molecular flexibility index (Phi) is 3.00. The molecule has 1 heterocycles. The molecule has 0 aliphatic rings. The van der Waals surface area contributed by atoms with Crippen LogP contribution in [0.3, 0.4) is 0 Å². The van der Waals surface area contributed by atoms with Gasteiger partial charge < -0.3 is 5.32 Å². The highest BCUT2D eigenvalue weighted by molar-refractivity contribution is 14.1. The summed E-state index contributed by atoms with van der Waals surface area (Å²) in [4.78, 5) is 15.4. The Morgan fingerprint density at radius 1 is 1.47 bits per heavy atom. The highest BCUT2D eigenvalue weighted by Gasteiger charge is 2.03. The van der Waals surface area contributed by atoms with Gasteiger partial charge in [0.1, 0.15) is 6.33 Å². The third-order valence-corrected chi connectivity index (χ3v) is 2.49. The van der Waals surface area contributed by atoms with E-state index in [-0.39, 0.29) is 6.03 Å². The molecule has 1 aromatic carbocycles. The number of aromatic nitrogens is 2. The van der Waals surface area contributed by atoms with E-state index in [9.17, 15) is 4.79 Å². The Balaban J connectivity index is 2.13. The minimum atomic E-state index is -0.213. The molecule has 0 saturated carbocycles. The van der Waals surface area contributed by atoms with Gasteiger partial charge in [-0.15, -0.1) is 0 Å². The average molecular weight is 313 g/mol. The van der Waals surface area contributed by atoms with E-state index >= 15 is 0 Å². The molecule has 0 radical (unpaired) electrons. The van der Waals surface area contributed by atoms with Crippen molar-refractivity contribution < 1.29 is 4.79 Å². The van der Waals surface area contributed by atoms with Crippen molar-refractivity contribution in [3.63, 3.8) is 0 Å². The van der Waals surface area contributed by atoms with Gasteiger partial charge in [0.25, 0.3) is 0 Å². The van der Waals surface area contributed by atoms with Crippen LogP contribution in [-0.4, -0.2) is 15.6 Å². The van der Waals surface area contributed by atoms with Gasteiger partial charge in [0, 0.05) is 21.7 Å². The van der Waals surface area contributed by atoms with Gasteiger partial charge in [0.2, 0.25) is 0 Å². The van der Waals surface area contributed by atoms with Gasteiger partial charge in [-0.1, -0.05) is 6.07 Å². The monoisotopic (exact) mass is 313 g/mol. The van der Waals surface area contributed by atoms with Crippen LogP contribution >= 0.6 is 22.6 Å². The zero-order valence-electron chi connectivity index (χ0n) is 7.72. The number of nitrogens with zero attached hydrogens (tertiary/aromatic N) is 2. The summed E-state index contributed by atoms with van der Waals surface area (Å²) in [6.45, 7) is 0. The Morgan fingerprint density at radius 2 is 2.33 bits per heavy atom. The number of hydrogen-bond acceptors (Lipinski definition) is 2. The van der Waals surface area contributed by atoms with Crippen molar-refractivity contribution in [3.8, 4) is 0 Å². The summed E-state index contributed by atoms with van der Waals surface area (Å²) in [6, 6.07) is 7.39. The van der Waals surface area contributed by atoms with Crippen LogP contribution in [0.25, 0.3) is 0 Å². The number of imidazole rings is 1. The van der Waals surface area contributed by atoms with Crippen LogP contribution in [0.5, 0.6) is 0 Å². The van der Waals surface area contributed by atoms with Crippen LogP contribution in [0.15, 0.2) is 43.0 Å². The van der Waals surface area contributed by atoms with Crippen molar-refractivity contribution in [1.82, 2.24) is 9.55 Å². The largest absolute Gasteiger partial charge is 0.331 e. The second kappa shape index (κ2) is 4.43. The highest BCUT2D eigenvalue weighted by atomic mass is 127. The van der Waals surface area contributed by atoms with E-state index in [0.29, 0.717) is 0 Å². The molecule has 5 heteroatoms. The zero-order valence-corrected chi connectivity index (χ0v) is 9.88. The molecular weight excluding hydrogens is 305 g/mol. The molecule has 1 amide bonds. The lowest BCUT2D eigenvalue weighted by atomic mass is 10.3. The molecule has 0 saturated heterocycles. The molecule has 0 aliphatic carbocycles. The van der Waals surface area contributed by atoms with E-state index in [0.717, 1.165) is 9.26 Å². The smallest absolute Gasteiger partial charge is 0.307 e. The first kappa shape index (κ1) is 10.2. The summed E-state index contributed by atoms with van der Waals surface area (Å²) >= 11 is 2.20. The van der Waals surface area contributed by atoms with E-state index in [1.54, 1.807) is 12.4 Å². The van der Waals surface area contributed by atoms with Crippen molar-refractivity contribution in [3.05, 3.63) is 46.6 Å². The standard InChI is InChI=1S/C10H8IN3O/c11-8-2-1-3-9(6-8)13-10(15)14-5-4-12-7-14/h1-7H,(H,13,15). The molecule has 2 rings (SSSR count). The van der Waals surface area contributed by atoms with E-state index in [1.165, 1.54) is 10.9 Å². The number of benzene rings is 1. The van der Waals surface area contributed by atoms with Gasteiger partial charge in [-0.05, 0) is 40.8 Å². The fourth-order valence-electron chi connectivity index (χ4n) is 1.13. The zero-order chi connectivity index (χ0) is 10.7. The van der Waals surface area contributed by atoms with Crippen LogP contribution in [0.4, 0.5) is 10.5 Å². The van der Waals surface area contributed by atoms with Crippen LogP contribution in [0.2, 0.25) is 0 Å². The number of carbonyl (C=O) groups is 1. The molecule has 0 atom stereocenters. The number of nitrogens with one attached hydrogen (secondary N) is 1. The maximum atomic E-state index is 11.6. The van der Waals surface area contributed by atoms with E-state index in [1.807, 2.05) is 24.3 Å². The first-order valence-corrected chi connectivity index (χ1v) is 5.38. The predicted octanol–water partition coefficient (Wildman–Crippen LogP) is 2.57. The van der Waals surface area contributed by atoms with Crippen LogP contribution in [0.1, 0.15) is 0 Å². The van der Waals surface area contributed by atoms with Crippen LogP contribution in [-0.2, 0) is 0 Å². The minimum absolute atomic E-state index is 0.213. The third kappa shape index (κ3) is 2.56. The van der Waals surface area contributed by atoms with Crippen molar-refractivity contribution in [1.29, 1.82) is 0 Å². The Morgan fingerprint density at radius 3 is 3.00 bits per heavy atom. The molecule has 15 heavy (non-hydrogen) atoms. The number of rotatable bonds is 1. The molecule has 2 aromatic rings. The van der Waals surface area contributed by atoms with Crippen LogP contribution in [0, 0.1) is 3.57 Å². The van der Waals surface area contributed by atoms with Gasteiger partial charge in [0.05, 0.1) is 0 Å². The molecule has 4 nitrogen and oxygen atoms in total. The first-order valence-electron chi connectivity index (χ1n) is 4.30. The van der Waals surface area contributed by atoms with Crippen LogP contribution < -0.4 is 5.32 Å². The van der Waals surface area contributed by atoms with E-state index in [4.69, 9.17) is 0 Å². The number of amides is 1. The lowest BCUT2D eigenvalue weighted by Crippen LogP contribution is -2.17. The average Bonchev–Trinajstić information content (AvgIpc) is 2.70. The summed E-state index contributed by atoms with van der Waals surface area (Å²) in [6.07, 6.45) is 4.63. The van der Waals surface area contributed by atoms with Crippen molar-refractivity contribution in [2.24, 2.45) is 0 Å². The maximum absolute atomic E-state index is 11.6. The van der Waals surface area contributed by atoms with Crippen molar-refractivity contribution in [2.75, 3.05) is 5.32 Å². The molecule has 0 fully saturated rings.